The van der Waals surface area contributed by atoms with E-state index in [1.165, 1.54) is 0 Å². The summed E-state index contributed by atoms with van der Waals surface area (Å²) in [4.78, 5) is 12.9. The summed E-state index contributed by atoms with van der Waals surface area (Å²) in [7, 11) is 0. The standard InChI is InChI=1S/C12H13N5O3/c18-4-8-7(19)3-9(20-8)17-6-14-10-11-13-1-2-16(11)5-15-12(10)17/h1-2,5-9,18-19H,3-4H2/i3+1,4+1,7+1,8+1,9+1. The monoisotopic (exact) mass is 280 g/mol. The number of hydrogen-bond donors (Lipinski definition) is 2. The number of nitrogens with zero attached hydrogens (tertiary/aromatic N) is 5. The van der Waals surface area contributed by atoms with E-state index < -0.39 is 12.2 Å². The zero-order valence-electron chi connectivity index (χ0n) is 10.5. The van der Waals surface area contributed by atoms with Crippen molar-refractivity contribution >= 4 is 16.8 Å². The number of hydrogen-bond acceptors (Lipinski definition) is 6. The molecule has 4 heterocycles. The second-order valence-corrected chi connectivity index (χ2v) is 4.84. The van der Waals surface area contributed by atoms with Crippen molar-refractivity contribution in [1.82, 2.24) is 23.9 Å². The third-order valence-electron chi connectivity index (χ3n) is 3.65. The first-order valence-corrected chi connectivity index (χ1v) is 6.36. The largest absolute Gasteiger partial charge is 0.394 e. The first kappa shape index (κ1) is 11.8. The minimum atomic E-state index is -0.683. The SMILES string of the molecule is O[13CH2][13CH]1O[13CH](n2cnc3c2ncn2ccnc32)[13CH2][13CH]1O. The summed E-state index contributed by atoms with van der Waals surface area (Å²) in [6, 6.07) is 0. The molecule has 0 radical (unpaired) electrons. The second kappa shape index (κ2) is 4.23. The van der Waals surface area contributed by atoms with Gasteiger partial charge >= 0.3 is 0 Å². The lowest BCUT2D eigenvalue weighted by atomic mass is 10.5. The van der Waals surface area contributed by atoms with Crippen LogP contribution in [0.5, 0.6) is 0 Å². The Labute approximate surface area is 113 Å². The lowest BCUT2D eigenvalue weighted by molar-refractivity contribution is -0.0432. The summed E-state index contributed by atoms with van der Waals surface area (Å²) in [6.07, 6.45) is 5.56. The van der Waals surface area contributed by atoms with Gasteiger partial charge in [0.2, 0.25) is 0 Å². The van der Waals surface area contributed by atoms with Gasteiger partial charge in [-0.2, -0.15) is 0 Å². The van der Waals surface area contributed by atoms with E-state index in [0.29, 0.717) is 17.6 Å². The van der Waals surface area contributed by atoms with Crippen molar-refractivity contribution in [2.75, 3.05) is 6.61 Å². The van der Waals surface area contributed by atoms with Crippen molar-refractivity contribution < 1.29 is 14.9 Å². The normalized spacial score (nSPS) is 26.8. The van der Waals surface area contributed by atoms with Crippen molar-refractivity contribution in [3.8, 4) is 0 Å². The van der Waals surface area contributed by atoms with Gasteiger partial charge in [0.1, 0.15) is 18.7 Å². The summed E-state index contributed by atoms with van der Waals surface area (Å²) < 4.78 is 9.18. The van der Waals surface area contributed by atoms with Crippen LogP contribution in [0.2, 0.25) is 0 Å². The van der Waals surface area contributed by atoms with Crippen LogP contribution in [0.15, 0.2) is 25.0 Å². The Morgan fingerprint density at radius 1 is 1.25 bits per heavy atom. The highest BCUT2D eigenvalue weighted by molar-refractivity contribution is 5.85. The second-order valence-electron chi connectivity index (χ2n) is 4.84. The molecule has 8 nitrogen and oxygen atoms in total. The van der Waals surface area contributed by atoms with Gasteiger partial charge in [0.05, 0.1) is 19.0 Å². The van der Waals surface area contributed by atoms with Crippen molar-refractivity contribution in [2.24, 2.45) is 0 Å². The van der Waals surface area contributed by atoms with Crippen molar-refractivity contribution in [1.29, 1.82) is 0 Å². The van der Waals surface area contributed by atoms with E-state index in [2.05, 4.69) is 15.0 Å². The van der Waals surface area contributed by atoms with Crippen LogP contribution in [-0.2, 0) is 4.74 Å². The molecular formula is C12H13N5O3. The molecule has 104 valence electrons. The Bertz CT molecular complexity index is 767. The number of aliphatic hydroxyl groups is 2. The molecule has 0 saturated carbocycles. The van der Waals surface area contributed by atoms with Crippen LogP contribution in [0, 0.1) is 0 Å². The fourth-order valence-electron chi connectivity index (χ4n) is 2.61. The van der Waals surface area contributed by atoms with Gasteiger partial charge in [-0.05, 0) is 0 Å². The minimum absolute atomic E-state index is 0.206. The molecule has 0 bridgehead atoms. The molecule has 1 aliphatic heterocycles. The molecular weight excluding hydrogens is 267 g/mol. The molecule has 8 heteroatoms. The van der Waals surface area contributed by atoms with Gasteiger partial charge in [-0.15, -0.1) is 0 Å². The van der Waals surface area contributed by atoms with Crippen LogP contribution in [0.3, 0.4) is 0 Å². The van der Waals surface area contributed by atoms with Crippen molar-refractivity contribution in [3.63, 3.8) is 0 Å². The Balaban J connectivity index is 1.81. The number of rotatable bonds is 2. The Morgan fingerprint density at radius 3 is 2.95 bits per heavy atom. The maximum Gasteiger partial charge on any atom is 0.167 e. The third kappa shape index (κ3) is 1.56. The number of ether oxygens (including phenoxy) is 1. The Morgan fingerprint density at radius 2 is 2.15 bits per heavy atom. The predicted octanol–water partition coefficient (Wildman–Crippen LogP) is -0.280. The molecule has 0 aliphatic carbocycles. The van der Waals surface area contributed by atoms with E-state index in [0.717, 1.165) is 5.65 Å². The Hall–Kier alpha value is -2.03. The smallest absolute Gasteiger partial charge is 0.167 e. The lowest BCUT2D eigenvalue weighted by Crippen LogP contribution is -2.24. The molecule has 3 unspecified atom stereocenters. The minimum Gasteiger partial charge on any atom is -0.394 e. The summed E-state index contributed by atoms with van der Waals surface area (Å²) in [6.45, 7) is -0.206. The van der Waals surface area contributed by atoms with Crippen LogP contribution in [0.1, 0.15) is 12.6 Å². The van der Waals surface area contributed by atoms with E-state index in [4.69, 9.17) is 9.84 Å². The fraction of sp³-hybridized carbons (Fsp3) is 0.417. The fourth-order valence-corrected chi connectivity index (χ4v) is 2.61. The highest BCUT2D eigenvalue weighted by Crippen LogP contribution is 2.30. The predicted molar refractivity (Wildman–Crippen MR) is 67.9 cm³/mol. The molecule has 3 aromatic heterocycles. The first-order valence-electron chi connectivity index (χ1n) is 6.36. The topological polar surface area (TPSA) is 97.7 Å². The van der Waals surface area contributed by atoms with Gasteiger partial charge < -0.3 is 14.9 Å². The quantitative estimate of drug-likeness (QED) is 0.627. The zero-order valence-corrected chi connectivity index (χ0v) is 10.5. The van der Waals surface area contributed by atoms with E-state index in [1.807, 2.05) is 0 Å². The van der Waals surface area contributed by atoms with Gasteiger partial charge in [0.15, 0.2) is 16.8 Å². The molecule has 2 N–H and O–H groups in total. The molecule has 1 aliphatic rings. The first-order chi connectivity index (χ1) is 9.78. The van der Waals surface area contributed by atoms with E-state index in [-0.39, 0.29) is 12.8 Å². The number of imidazole rings is 2. The molecule has 3 aromatic rings. The highest BCUT2D eigenvalue weighted by atomic mass is 16.7. The molecule has 3 atom stereocenters. The molecule has 4 rings (SSSR count). The van der Waals surface area contributed by atoms with Crippen LogP contribution < -0.4 is 0 Å². The number of aromatic nitrogens is 5. The third-order valence-corrected chi connectivity index (χ3v) is 3.65. The van der Waals surface area contributed by atoms with Gasteiger partial charge in [0, 0.05) is 18.8 Å². The summed E-state index contributed by atoms with van der Waals surface area (Å²) in [5.74, 6) is 0. The molecule has 1 fully saturated rings. The van der Waals surface area contributed by atoms with Gasteiger partial charge in [-0.25, -0.2) is 15.0 Å². The van der Waals surface area contributed by atoms with Crippen LogP contribution in [-0.4, -0.2) is 52.9 Å². The van der Waals surface area contributed by atoms with Crippen molar-refractivity contribution in [2.45, 2.75) is 24.9 Å². The average molecular weight is 280 g/mol. The number of aliphatic hydroxyl groups excluding tert-OH is 2. The van der Waals surface area contributed by atoms with Crippen LogP contribution >= 0.6 is 0 Å². The maximum absolute atomic E-state index is 9.81. The highest BCUT2D eigenvalue weighted by Gasteiger charge is 2.35. The maximum atomic E-state index is 9.81. The van der Waals surface area contributed by atoms with Crippen LogP contribution in [0.25, 0.3) is 16.8 Å². The van der Waals surface area contributed by atoms with Gasteiger partial charge in [-0.1, -0.05) is 0 Å². The van der Waals surface area contributed by atoms with E-state index in [9.17, 15) is 5.11 Å². The van der Waals surface area contributed by atoms with E-state index in [1.54, 1.807) is 34.0 Å². The van der Waals surface area contributed by atoms with Crippen LogP contribution in [0.4, 0.5) is 0 Å². The Kier molecular flexibility index (Phi) is 2.49. The average Bonchev–Trinajstić information content (AvgIpc) is 3.13. The van der Waals surface area contributed by atoms with Gasteiger partial charge in [-0.3, -0.25) is 8.97 Å². The number of fused-ring (bicyclic) bond motifs is 3. The molecule has 0 aromatic carbocycles. The molecule has 0 spiro atoms. The molecule has 1 saturated heterocycles. The summed E-state index contributed by atoms with van der Waals surface area (Å²) in [5.41, 5.74) is 2.06. The molecule has 20 heavy (non-hydrogen) atoms. The summed E-state index contributed by atoms with van der Waals surface area (Å²) in [5, 5.41) is 19.0. The lowest BCUT2D eigenvalue weighted by Gasteiger charge is -2.13. The molecule has 0 amide bonds. The van der Waals surface area contributed by atoms with Crippen molar-refractivity contribution in [3.05, 3.63) is 25.0 Å². The van der Waals surface area contributed by atoms with E-state index >= 15 is 0 Å². The summed E-state index contributed by atoms with van der Waals surface area (Å²) >= 11 is 0. The van der Waals surface area contributed by atoms with Gasteiger partial charge in [0.25, 0.3) is 0 Å². The zero-order chi connectivity index (χ0) is 13.7.